The topological polar surface area (TPSA) is 29.5 Å². The Balaban J connectivity index is 2.73. The van der Waals surface area contributed by atoms with Gasteiger partial charge in [0.1, 0.15) is 5.75 Å². The van der Waals surface area contributed by atoms with Crippen molar-refractivity contribution in [3.8, 4) is 5.75 Å². The molecule has 0 radical (unpaired) electrons. The number of alkyl halides is 2. The number of nitrogens with zero attached hydrogens (tertiary/aromatic N) is 1. The highest BCUT2D eigenvalue weighted by atomic mass is 79.9. The van der Waals surface area contributed by atoms with Crippen LogP contribution in [0.4, 0.5) is 8.78 Å². The van der Waals surface area contributed by atoms with Gasteiger partial charge in [0, 0.05) is 24.5 Å². The third kappa shape index (κ3) is 10.7. The number of carbonyl (C=O) groups excluding carboxylic acids is 1. The molecule has 1 aromatic carbocycles. The van der Waals surface area contributed by atoms with E-state index in [4.69, 9.17) is 0 Å². The van der Waals surface area contributed by atoms with Crippen LogP contribution >= 0.6 is 25.2 Å². The molecule has 0 bridgehead atoms. The van der Waals surface area contributed by atoms with Crippen LogP contribution in [0, 0.1) is 5.92 Å². The number of allylic oxidation sites excluding steroid dienone is 6. The maximum absolute atomic E-state index is 12.9. The number of hydrogen-bond donors (Lipinski definition) is 0. The molecular weight excluding hydrogens is 459 g/mol. The van der Waals surface area contributed by atoms with Gasteiger partial charge in [-0.3, -0.25) is 4.79 Å². The summed E-state index contributed by atoms with van der Waals surface area (Å²) in [6.45, 7) is 8.63. The van der Waals surface area contributed by atoms with Crippen LogP contribution in [-0.4, -0.2) is 23.2 Å². The van der Waals surface area contributed by atoms with E-state index in [0.717, 1.165) is 16.5 Å². The lowest BCUT2D eigenvalue weighted by Gasteiger charge is -2.25. The molecule has 0 heterocycles. The van der Waals surface area contributed by atoms with Gasteiger partial charge in [0.2, 0.25) is 5.91 Å². The Bertz CT molecular complexity index is 755. The summed E-state index contributed by atoms with van der Waals surface area (Å²) in [6, 6.07) is 6.36. The highest BCUT2D eigenvalue weighted by Crippen LogP contribution is 2.27. The van der Waals surface area contributed by atoms with Crippen LogP contribution in [0.15, 0.2) is 58.6 Å². The highest BCUT2D eigenvalue weighted by Gasteiger charge is 2.23. The zero-order valence-corrected chi connectivity index (χ0v) is 20.0. The van der Waals surface area contributed by atoms with Crippen molar-refractivity contribution < 1.29 is 18.3 Å². The van der Waals surface area contributed by atoms with Crippen LogP contribution < -0.4 is 4.74 Å². The molecule has 2 unspecified atom stereocenters. The maximum Gasteiger partial charge on any atom is 0.408 e. The first kappa shape index (κ1) is 25.5. The minimum atomic E-state index is -3.30. The van der Waals surface area contributed by atoms with E-state index in [0.29, 0.717) is 13.1 Å². The molecule has 0 aliphatic rings. The molecule has 1 aromatic rings. The van der Waals surface area contributed by atoms with Gasteiger partial charge in [-0.1, -0.05) is 58.8 Å². The lowest BCUT2D eigenvalue weighted by molar-refractivity contribution is -0.130. The van der Waals surface area contributed by atoms with E-state index in [1.54, 1.807) is 24.0 Å². The fourth-order valence-electron chi connectivity index (χ4n) is 2.75. The monoisotopic (exact) mass is 487 g/mol. The molecule has 29 heavy (non-hydrogen) atoms. The molecule has 160 valence electrons. The third-order valence-electron chi connectivity index (χ3n) is 4.22. The van der Waals surface area contributed by atoms with Crippen molar-refractivity contribution >= 4 is 31.1 Å². The van der Waals surface area contributed by atoms with Gasteiger partial charge in [-0.05, 0) is 59.2 Å². The average Bonchev–Trinajstić information content (AvgIpc) is 2.64. The summed E-state index contributed by atoms with van der Waals surface area (Å²) in [5.74, 6) is -2.99. The highest BCUT2D eigenvalue weighted by molar-refractivity contribution is 9.11. The van der Waals surface area contributed by atoms with Gasteiger partial charge in [-0.15, -0.1) is 0 Å². The molecule has 3 nitrogen and oxygen atoms in total. The number of amides is 1. The molecular formula is C22H29BrF2NO2P. The Morgan fingerprint density at radius 1 is 1.24 bits per heavy atom. The van der Waals surface area contributed by atoms with Crippen molar-refractivity contribution in [1.82, 2.24) is 4.90 Å². The second-order valence-corrected chi connectivity index (χ2v) is 8.47. The first-order valence-electron chi connectivity index (χ1n) is 9.39. The second-order valence-electron chi connectivity index (χ2n) is 6.89. The second kappa shape index (κ2) is 12.2. The fourth-order valence-corrected chi connectivity index (χ4v) is 3.02. The minimum absolute atomic E-state index is 0.0251. The molecule has 7 heteroatoms. The predicted octanol–water partition coefficient (Wildman–Crippen LogP) is 6.67. The van der Waals surface area contributed by atoms with E-state index in [2.05, 4.69) is 39.7 Å². The SMILES string of the molecule is C\C=C(/C=C\C(Br)=C/C)CC(C)CN(Cc1ccc(OC(F)(F)P)cc1)C(C)=O. The molecule has 1 rings (SSSR count). The molecule has 0 aliphatic heterocycles. The Morgan fingerprint density at radius 3 is 2.34 bits per heavy atom. The third-order valence-corrected chi connectivity index (χ3v) is 5.06. The lowest BCUT2D eigenvalue weighted by atomic mass is 9.99. The first-order chi connectivity index (χ1) is 13.5. The van der Waals surface area contributed by atoms with Gasteiger partial charge in [0.25, 0.3) is 0 Å². The van der Waals surface area contributed by atoms with E-state index < -0.39 is 5.85 Å². The predicted molar refractivity (Wildman–Crippen MR) is 122 cm³/mol. The van der Waals surface area contributed by atoms with E-state index in [1.807, 2.05) is 26.0 Å². The standard InChI is InChI=1S/C22H29BrF2NO2P/c1-5-18(7-10-20(23)6-2)13-16(3)14-26(17(4)27)15-19-8-11-21(12-9-19)28-22(24,25)29/h5-12,16H,13-15,29H2,1-4H3/b10-7-,18-5+,20-6+. The van der Waals surface area contributed by atoms with Crippen molar-refractivity contribution in [3.63, 3.8) is 0 Å². The Labute approximate surface area is 183 Å². The van der Waals surface area contributed by atoms with Gasteiger partial charge in [-0.2, -0.15) is 8.78 Å². The molecule has 0 fully saturated rings. The van der Waals surface area contributed by atoms with Gasteiger partial charge in [0.15, 0.2) is 0 Å². The van der Waals surface area contributed by atoms with Crippen molar-refractivity contribution in [2.75, 3.05) is 6.54 Å². The summed E-state index contributed by atoms with van der Waals surface area (Å²) < 4.78 is 31.3. The lowest BCUT2D eigenvalue weighted by Crippen LogP contribution is -2.32. The molecule has 0 aliphatic carbocycles. The maximum atomic E-state index is 12.9. The van der Waals surface area contributed by atoms with Crippen LogP contribution in [0.3, 0.4) is 0 Å². The van der Waals surface area contributed by atoms with E-state index in [-0.39, 0.29) is 17.6 Å². The van der Waals surface area contributed by atoms with Crippen molar-refractivity contribution in [3.05, 3.63) is 64.2 Å². The number of ether oxygens (including phenoxy) is 1. The molecule has 0 saturated carbocycles. The fraction of sp³-hybridized carbons (Fsp3) is 0.409. The molecule has 2 atom stereocenters. The summed E-state index contributed by atoms with van der Waals surface area (Å²) in [6.07, 6.45) is 8.96. The summed E-state index contributed by atoms with van der Waals surface area (Å²) >= 11 is 3.46. The van der Waals surface area contributed by atoms with Gasteiger partial charge in [-0.25, -0.2) is 0 Å². The van der Waals surface area contributed by atoms with Crippen LogP contribution in [-0.2, 0) is 11.3 Å². The first-order valence-corrected chi connectivity index (χ1v) is 10.8. The smallest absolute Gasteiger partial charge is 0.408 e. The van der Waals surface area contributed by atoms with Gasteiger partial charge < -0.3 is 9.64 Å². The quantitative estimate of drug-likeness (QED) is 0.272. The molecule has 0 saturated heterocycles. The van der Waals surface area contributed by atoms with Crippen LogP contribution in [0.25, 0.3) is 0 Å². The molecule has 0 N–H and O–H groups in total. The minimum Gasteiger partial charge on any atom is -0.430 e. The number of rotatable bonds is 10. The Hall–Kier alpha value is -1.52. The zero-order valence-electron chi connectivity index (χ0n) is 17.3. The van der Waals surface area contributed by atoms with E-state index in [1.165, 1.54) is 26.9 Å². The largest absolute Gasteiger partial charge is 0.430 e. The molecule has 1 amide bonds. The number of carbonyl (C=O) groups is 1. The van der Waals surface area contributed by atoms with Crippen molar-refractivity contribution in [1.29, 1.82) is 0 Å². The summed E-state index contributed by atoms with van der Waals surface area (Å²) in [5.41, 5.74) is 2.05. The Morgan fingerprint density at radius 2 is 1.86 bits per heavy atom. The average molecular weight is 488 g/mol. The number of benzene rings is 1. The normalized spacial score (nSPS) is 14.2. The molecule has 0 spiro atoms. The van der Waals surface area contributed by atoms with Crippen molar-refractivity contribution in [2.45, 2.75) is 46.5 Å². The summed E-state index contributed by atoms with van der Waals surface area (Å²) in [5, 5.41) is 0. The zero-order chi connectivity index (χ0) is 22.0. The van der Waals surface area contributed by atoms with Crippen molar-refractivity contribution in [2.24, 2.45) is 5.92 Å². The summed E-state index contributed by atoms with van der Waals surface area (Å²) in [7, 11) is 1.34. The van der Waals surface area contributed by atoms with Crippen LogP contribution in [0.2, 0.25) is 0 Å². The van der Waals surface area contributed by atoms with Crippen LogP contribution in [0.5, 0.6) is 5.75 Å². The number of halogens is 3. The van der Waals surface area contributed by atoms with Gasteiger partial charge >= 0.3 is 5.85 Å². The van der Waals surface area contributed by atoms with Crippen LogP contribution in [0.1, 0.15) is 39.7 Å². The number of hydrogen-bond acceptors (Lipinski definition) is 2. The van der Waals surface area contributed by atoms with Gasteiger partial charge in [0.05, 0.1) is 0 Å². The molecule has 0 aromatic heterocycles. The van der Waals surface area contributed by atoms with E-state index >= 15 is 0 Å². The Kier molecular flexibility index (Phi) is 10.8. The summed E-state index contributed by atoms with van der Waals surface area (Å²) in [4.78, 5) is 13.9. The van der Waals surface area contributed by atoms with E-state index in [9.17, 15) is 13.6 Å².